The molecule has 1 heterocycles. The highest BCUT2D eigenvalue weighted by Gasteiger charge is 2.10. The van der Waals surface area contributed by atoms with Gasteiger partial charge < -0.3 is 20.2 Å². The molecule has 102 valence electrons. The minimum Gasteiger partial charge on any atom is -0.348 e. The van der Waals surface area contributed by atoms with E-state index in [1.807, 2.05) is 25.1 Å². The highest BCUT2D eigenvalue weighted by molar-refractivity contribution is 5.78. The maximum absolute atomic E-state index is 11.5. The number of benzene rings is 1. The number of fused-ring (bicyclic) bond motifs is 1. The van der Waals surface area contributed by atoms with Gasteiger partial charge in [-0.2, -0.15) is 0 Å². The molecule has 0 radical (unpaired) electrons. The fourth-order valence-electron chi connectivity index (χ4n) is 1.84. The molecule has 0 fully saturated rings. The average Bonchev–Trinajstić information content (AvgIpc) is 2.74. The van der Waals surface area contributed by atoms with E-state index >= 15 is 0 Å². The lowest BCUT2D eigenvalue weighted by Crippen LogP contribution is -2.34. The molecule has 6 nitrogen and oxygen atoms in total. The molecule has 19 heavy (non-hydrogen) atoms. The summed E-state index contributed by atoms with van der Waals surface area (Å²) >= 11 is 0. The molecule has 0 aliphatic carbocycles. The summed E-state index contributed by atoms with van der Waals surface area (Å²) in [5, 5.41) is 3.16. The van der Waals surface area contributed by atoms with Crippen LogP contribution in [-0.2, 0) is 4.79 Å². The van der Waals surface area contributed by atoms with E-state index in [-0.39, 0.29) is 24.2 Å². The van der Waals surface area contributed by atoms with Gasteiger partial charge in [0.1, 0.15) is 0 Å². The number of imidazole rings is 1. The molecule has 0 aliphatic rings. The fraction of sp³-hybridized carbons (Fsp3) is 0.385. The average molecular weight is 262 g/mol. The van der Waals surface area contributed by atoms with Gasteiger partial charge in [0.25, 0.3) is 0 Å². The third-order valence-electron chi connectivity index (χ3n) is 3.10. The van der Waals surface area contributed by atoms with Crippen molar-refractivity contribution >= 4 is 16.9 Å². The molecule has 3 N–H and O–H groups in total. The largest absolute Gasteiger partial charge is 0.348 e. The van der Waals surface area contributed by atoms with Crippen molar-refractivity contribution in [3.63, 3.8) is 0 Å². The molecular formula is C13H18N4O2. The number of aromatic amines is 2. The van der Waals surface area contributed by atoms with Crippen molar-refractivity contribution in [2.45, 2.75) is 13.0 Å². The van der Waals surface area contributed by atoms with Crippen molar-refractivity contribution in [2.24, 2.45) is 0 Å². The maximum Gasteiger partial charge on any atom is 0.323 e. The molecule has 1 unspecified atom stereocenters. The van der Waals surface area contributed by atoms with Crippen LogP contribution in [0, 0.1) is 0 Å². The molecule has 1 aromatic heterocycles. The number of amides is 1. The van der Waals surface area contributed by atoms with Gasteiger partial charge in [-0.05, 0) is 24.6 Å². The van der Waals surface area contributed by atoms with Crippen LogP contribution in [0.2, 0.25) is 0 Å². The number of hydrogen-bond acceptors (Lipinski definition) is 3. The number of H-pyrrole nitrogens is 2. The Bertz CT molecular complexity index is 641. The first kappa shape index (κ1) is 13.4. The molecule has 0 saturated carbocycles. The lowest BCUT2D eigenvalue weighted by molar-refractivity contribution is -0.127. The predicted molar refractivity (Wildman–Crippen MR) is 74.0 cm³/mol. The zero-order valence-electron chi connectivity index (χ0n) is 11.3. The van der Waals surface area contributed by atoms with Crippen molar-refractivity contribution in [1.82, 2.24) is 20.2 Å². The van der Waals surface area contributed by atoms with Gasteiger partial charge in [-0.1, -0.05) is 6.07 Å². The van der Waals surface area contributed by atoms with Gasteiger partial charge in [-0.25, -0.2) is 4.79 Å². The summed E-state index contributed by atoms with van der Waals surface area (Å²) in [6.45, 7) is 2.27. The standard InChI is InChI=1S/C13H18N4O2/c1-8(14-7-12(18)17(2)3)9-4-5-10-11(6-9)16-13(19)15-10/h4-6,8,14H,7H2,1-3H3,(H2,15,16,19). The van der Waals surface area contributed by atoms with Crippen LogP contribution in [0.5, 0.6) is 0 Å². The second-order valence-corrected chi connectivity index (χ2v) is 4.77. The normalized spacial score (nSPS) is 12.6. The SMILES string of the molecule is CC(NCC(=O)N(C)C)c1ccc2[nH]c(=O)[nH]c2c1. The van der Waals surface area contributed by atoms with Crippen LogP contribution in [0.25, 0.3) is 11.0 Å². The Kier molecular flexibility index (Phi) is 3.71. The summed E-state index contributed by atoms with van der Waals surface area (Å²) in [7, 11) is 3.45. The minimum absolute atomic E-state index is 0.0305. The second-order valence-electron chi connectivity index (χ2n) is 4.77. The number of carbonyl (C=O) groups excluding carboxylic acids is 1. The molecule has 1 atom stereocenters. The van der Waals surface area contributed by atoms with E-state index in [0.29, 0.717) is 0 Å². The van der Waals surface area contributed by atoms with Gasteiger partial charge >= 0.3 is 5.69 Å². The van der Waals surface area contributed by atoms with E-state index in [2.05, 4.69) is 15.3 Å². The van der Waals surface area contributed by atoms with Crippen LogP contribution in [-0.4, -0.2) is 41.4 Å². The molecule has 6 heteroatoms. The van der Waals surface area contributed by atoms with Crippen molar-refractivity contribution in [3.8, 4) is 0 Å². The van der Waals surface area contributed by atoms with Crippen LogP contribution in [0.4, 0.5) is 0 Å². The fourth-order valence-corrected chi connectivity index (χ4v) is 1.84. The van der Waals surface area contributed by atoms with Crippen LogP contribution >= 0.6 is 0 Å². The molecule has 1 amide bonds. The zero-order chi connectivity index (χ0) is 14.0. The van der Waals surface area contributed by atoms with Gasteiger partial charge in [-0.3, -0.25) is 4.79 Å². The van der Waals surface area contributed by atoms with Crippen molar-refractivity contribution in [3.05, 3.63) is 34.2 Å². The monoisotopic (exact) mass is 262 g/mol. The number of nitrogens with zero attached hydrogens (tertiary/aromatic N) is 1. The zero-order valence-corrected chi connectivity index (χ0v) is 11.3. The Morgan fingerprint density at radius 2 is 2.00 bits per heavy atom. The van der Waals surface area contributed by atoms with Crippen LogP contribution in [0.1, 0.15) is 18.5 Å². The number of rotatable bonds is 4. The number of carbonyl (C=O) groups is 1. The lowest BCUT2D eigenvalue weighted by Gasteiger charge is -2.16. The molecular weight excluding hydrogens is 244 g/mol. The number of likely N-dealkylation sites (N-methyl/N-ethyl adjacent to an activating group) is 1. The molecule has 0 saturated heterocycles. The summed E-state index contributed by atoms with van der Waals surface area (Å²) in [5.74, 6) is 0.0305. The number of nitrogens with one attached hydrogen (secondary N) is 3. The second kappa shape index (κ2) is 5.27. The number of aromatic nitrogens is 2. The number of hydrogen-bond donors (Lipinski definition) is 3. The first-order valence-corrected chi connectivity index (χ1v) is 6.13. The molecule has 2 rings (SSSR count). The Morgan fingerprint density at radius 1 is 1.32 bits per heavy atom. The van der Waals surface area contributed by atoms with E-state index in [1.165, 1.54) is 0 Å². The van der Waals surface area contributed by atoms with E-state index in [1.54, 1.807) is 19.0 Å². The summed E-state index contributed by atoms with van der Waals surface area (Å²) in [6, 6.07) is 5.73. The predicted octanol–water partition coefficient (Wildman–Crippen LogP) is 0.595. The van der Waals surface area contributed by atoms with Gasteiger partial charge in [0.15, 0.2) is 0 Å². The first-order chi connectivity index (χ1) is 8.97. The van der Waals surface area contributed by atoms with E-state index in [4.69, 9.17) is 0 Å². The topological polar surface area (TPSA) is 81.0 Å². The van der Waals surface area contributed by atoms with Gasteiger partial charge in [0.05, 0.1) is 17.6 Å². The summed E-state index contributed by atoms with van der Waals surface area (Å²) in [6.07, 6.45) is 0. The minimum atomic E-state index is -0.212. The van der Waals surface area contributed by atoms with Crippen molar-refractivity contribution in [1.29, 1.82) is 0 Å². The maximum atomic E-state index is 11.5. The van der Waals surface area contributed by atoms with E-state index in [9.17, 15) is 9.59 Å². The quantitative estimate of drug-likeness (QED) is 0.754. The molecule has 0 spiro atoms. The smallest absolute Gasteiger partial charge is 0.323 e. The third-order valence-corrected chi connectivity index (χ3v) is 3.10. The molecule has 1 aromatic carbocycles. The Hall–Kier alpha value is -2.08. The van der Waals surface area contributed by atoms with Gasteiger partial charge in [0, 0.05) is 20.1 Å². The Labute approximate surface area is 110 Å². The van der Waals surface area contributed by atoms with Crippen LogP contribution in [0.15, 0.2) is 23.0 Å². The molecule has 2 aromatic rings. The van der Waals surface area contributed by atoms with Gasteiger partial charge in [0.2, 0.25) is 5.91 Å². The molecule has 0 bridgehead atoms. The highest BCUT2D eigenvalue weighted by Crippen LogP contribution is 2.16. The summed E-state index contributed by atoms with van der Waals surface area (Å²) in [4.78, 5) is 29.7. The first-order valence-electron chi connectivity index (χ1n) is 6.13. The van der Waals surface area contributed by atoms with Gasteiger partial charge in [-0.15, -0.1) is 0 Å². The van der Waals surface area contributed by atoms with E-state index < -0.39 is 0 Å². The Balaban J connectivity index is 2.10. The summed E-state index contributed by atoms with van der Waals surface area (Å²) in [5.41, 5.74) is 2.37. The van der Waals surface area contributed by atoms with E-state index in [0.717, 1.165) is 16.6 Å². The lowest BCUT2D eigenvalue weighted by atomic mass is 10.1. The summed E-state index contributed by atoms with van der Waals surface area (Å²) < 4.78 is 0. The Morgan fingerprint density at radius 3 is 2.68 bits per heavy atom. The van der Waals surface area contributed by atoms with Crippen molar-refractivity contribution < 1.29 is 4.79 Å². The van der Waals surface area contributed by atoms with Crippen LogP contribution < -0.4 is 11.0 Å². The highest BCUT2D eigenvalue weighted by atomic mass is 16.2. The molecule has 0 aliphatic heterocycles. The van der Waals surface area contributed by atoms with Crippen LogP contribution in [0.3, 0.4) is 0 Å². The van der Waals surface area contributed by atoms with Crippen molar-refractivity contribution in [2.75, 3.05) is 20.6 Å². The third kappa shape index (κ3) is 3.03.